The van der Waals surface area contributed by atoms with Gasteiger partial charge in [0, 0.05) is 36.9 Å². The van der Waals surface area contributed by atoms with Crippen LogP contribution in [0.25, 0.3) is 0 Å². The van der Waals surface area contributed by atoms with Crippen LogP contribution < -0.4 is 5.32 Å². The van der Waals surface area contributed by atoms with E-state index in [-0.39, 0.29) is 24.1 Å². The lowest BCUT2D eigenvalue weighted by Gasteiger charge is -2.36. The van der Waals surface area contributed by atoms with Gasteiger partial charge in [0.15, 0.2) is 5.69 Å². The first kappa shape index (κ1) is 22.1. The molecular formula is C20H31F3N4O2. The molecule has 1 atom stereocenters. The molecule has 1 aliphatic carbocycles. The van der Waals surface area contributed by atoms with Crippen molar-refractivity contribution in [2.75, 3.05) is 32.8 Å². The van der Waals surface area contributed by atoms with E-state index in [1.54, 1.807) is 0 Å². The number of rotatable bonds is 6. The zero-order valence-electron chi connectivity index (χ0n) is 17.2. The van der Waals surface area contributed by atoms with Crippen LogP contribution in [-0.4, -0.2) is 59.5 Å². The lowest BCUT2D eigenvalue weighted by molar-refractivity contribution is -0.142. The number of amides is 1. The first-order chi connectivity index (χ1) is 13.8. The van der Waals surface area contributed by atoms with E-state index in [0.717, 1.165) is 32.4 Å². The van der Waals surface area contributed by atoms with E-state index >= 15 is 0 Å². The molecule has 1 aliphatic heterocycles. The Hall–Kier alpha value is -1.61. The average molecular weight is 416 g/mol. The second-order valence-electron chi connectivity index (χ2n) is 8.25. The Labute approximate surface area is 169 Å². The van der Waals surface area contributed by atoms with Gasteiger partial charge in [0.05, 0.1) is 13.2 Å². The molecule has 6 nitrogen and oxygen atoms in total. The maximum absolute atomic E-state index is 13.4. The summed E-state index contributed by atoms with van der Waals surface area (Å²) in [6, 6.07) is 0.170. The number of hydrogen-bond donors (Lipinski definition) is 1. The molecule has 164 valence electrons. The number of halogens is 3. The molecule has 2 heterocycles. The van der Waals surface area contributed by atoms with Crippen molar-refractivity contribution in [1.82, 2.24) is 20.0 Å². The SMILES string of the molecule is CC(C)[C@@H](CNC(=O)Cn1nc(C(F)(F)F)c2c1CCCCC2)N1CCOCC1. The van der Waals surface area contributed by atoms with Crippen molar-refractivity contribution in [2.24, 2.45) is 5.92 Å². The summed E-state index contributed by atoms with van der Waals surface area (Å²) < 4.78 is 46.9. The zero-order valence-corrected chi connectivity index (χ0v) is 17.2. The number of carbonyl (C=O) groups excluding carboxylic acids is 1. The van der Waals surface area contributed by atoms with Crippen molar-refractivity contribution in [1.29, 1.82) is 0 Å². The quantitative estimate of drug-likeness (QED) is 0.725. The molecule has 1 saturated heterocycles. The van der Waals surface area contributed by atoms with Gasteiger partial charge in [-0.25, -0.2) is 0 Å². The summed E-state index contributed by atoms with van der Waals surface area (Å²) in [5.41, 5.74) is 0.0188. The molecule has 1 aromatic heterocycles. The third-order valence-electron chi connectivity index (χ3n) is 5.86. The van der Waals surface area contributed by atoms with Crippen LogP contribution in [-0.2, 0) is 35.1 Å². The summed E-state index contributed by atoms with van der Waals surface area (Å²) in [5, 5.41) is 6.72. The maximum atomic E-state index is 13.4. The number of alkyl halides is 3. The minimum Gasteiger partial charge on any atom is -0.379 e. The lowest BCUT2D eigenvalue weighted by Crippen LogP contribution is -2.51. The van der Waals surface area contributed by atoms with E-state index in [9.17, 15) is 18.0 Å². The fraction of sp³-hybridized carbons (Fsp3) is 0.800. The van der Waals surface area contributed by atoms with Gasteiger partial charge >= 0.3 is 6.18 Å². The molecule has 1 N–H and O–H groups in total. The number of aromatic nitrogens is 2. The number of fused-ring (bicyclic) bond motifs is 1. The molecule has 0 radical (unpaired) electrons. The average Bonchev–Trinajstić information content (AvgIpc) is 2.84. The first-order valence-corrected chi connectivity index (χ1v) is 10.5. The highest BCUT2D eigenvalue weighted by molar-refractivity contribution is 5.75. The standard InChI is InChI=1S/C20H31F3N4O2/c1-14(2)17(26-8-10-29-11-9-26)12-24-18(28)13-27-16-7-5-3-4-6-15(16)19(25-27)20(21,22)23/h14,17H,3-13H2,1-2H3,(H,24,28)/t17-/m1/s1. The van der Waals surface area contributed by atoms with E-state index in [2.05, 4.69) is 29.2 Å². The van der Waals surface area contributed by atoms with Crippen molar-refractivity contribution >= 4 is 5.91 Å². The molecule has 0 bridgehead atoms. The third kappa shape index (κ3) is 5.51. The molecule has 0 saturated carbocycles. The Morgan fingerprint density at radius 1 is 1.17 bits per heavy atom. The molecule has 1 aromatic rings. The second kappa shape index (κ2) is 9.47. The van der Waals surface area contributed by atoms with Crippen LogP contribution in [0, 0.1) is 5.92 Å². The lowest BCUT2D eigenvalue weighted by atomic mass is 10.0. The summed E-state index contributed by atoms with van der Waals surface area (Å²) in [4.78, 5) is 14.9. The predicted octanol–water partition coefficient (Wildman–Crippen LogP) is 2.64. The van der Waals surface area contributed by atoms with Gasteiger partial charge in [-0.3, -0.25) is 14.4 Å². The van der Waals surface area contributed by atoms with Gasteiger partial charge in [0.25, 0.3) is 0 Å². The zero-order chi connectivity index (χ0) is 21.0. The Morgan fingerprint density at radius 2 is 1.86 bits per heavy atom. The summed E-state index contributed by atoms with van der Waals surface area (Å²) >= 11 is 0. The number of carbonyl (C=O) groups is 1. The summed E-state index contributed by atoms with van der Waals surface area (Å²) in [6.45, 7) is 7.50. The fourth-order valence-corrected chi connectivity index (χ4v) is 4.31. The largest absolute Gasteiger partial charge is 0.435 e. The smallest absolute Gasteiger partial charge is 0.379 e. The normalized spacial score (nSPS) is 19.7. The van der Waals surface area contributed by atoms with Gasteiger partial charge in [-0.15, -0.1) is 0 Å². The van der Waals surface area contributed by atoms with Crippen LogP contribution in [0.5, 0.6) is 0 Å². The Morgan fingerprint density at radius 3 is 2.52 bits per heavy atom. The topological polar surface area (TPSA) is 59.4 Å². The fourth-order valence-electron chi connectivity index (χ4n) is 4.31. The summed E-state index contributed by atoms with van der Waals surface area (Å²) in [7, 11) is 0. The highest BCUT2D eigenvalue weighted by atomic mass is 19.4. The van der Waals surface area contributed by atoms with Crippen molar-refractivity contribution in [3.05, 3.63) is 17.0 Å². The Bertz CT molecular complexity index is 697. The van der Waals surface area contributed by atoms with Gasteiger partial charge in [-0.1, -0.05) is 20.3 Å². The van der Waals surface area contributed by atoms with Crippen LogP contribution in [0.1, 0.15) is 50.1 Å². The number of morpholine rings is 1. The summed E-state index contributed by atoms with van der Waals surface area (Å²) in [5.74, 6) is 0.0402. The number of nitrogens with zero attached hydrogens (tertiary/aromatic N) is 3. The molecule has 3 rings (SSSR count). The monoisotopic (exact) mass is 416 g/mol. The molecule has 29 heavy (non-hydrogen) atoms. The Balaban J connectivity index is 1.67. The Kier molecular flexibility index (Phi) is 7.21. The van der Waals surface area contributed by atoms with Crippen molar-refractivity contribution < 1.29 is 22.7 Å². The van der Waals surface area contributed by atoms with Crippen molar-refractivity contribution in [2.45, 2.75) is 64.7 Å². The van der Waals surface area contributed by atoms with E-state index in [1.807, 2.05) is 0 Å². The summed E-state index contributed by atoms with van der Waals surface area (Å²) in [6.07, 6.45) is -1.14. The second-order valence-corrected chi connectivity index (χ2v) is 8.25. The van der Waals surface area contributed by atoms with Gasteiger partial charge in [0.2, 0.25) is 5.91 Å². The highest BCUT2D eigenvalue weighted by Crippen LogP contribution is 2.35. The minimum atomic E-state index is -4.49. The minimum absolute atomic E-state index is 0.170. The van der Waals surface area contributed by atoms with Crippen LogP contribution in [0.3, 0.4) is 0 Å². The molecule has 1 fully saturated rings. The molecule has 0 aromatic carbocycles. The van der Waals surface area contributed by atoms with Crippen LogP contribution in [0.4, 0.5) is 13.2 Å². The molecule has 0 spiro atoms. The van der Waals surface area contributed by atoms with Gasteiger partial charge in [0.1, 0.15) is 6.54 Å². The van der Waals surface area contributed by atoms with Crippen LogP contribution >= 0.6 is 0 Å². The number of nitrogens with one attached hydrogen (secondary N) is 1. The molecule has 1 amide bonds. The predicted molar refractivity (Wildman–Crippen MR) is 103 cm³/mol. The molecule has 2 aliphatic rings. The van der Waals surface area contributed by atoms with Crippen LogP contribution in [0.15, 0.2) is 0 Å². The van der Waals surface area contributed by atoms with Gasteiger partial charge in [-0.05, 0) is 31.6 Å². The van der Waals surface area contributed by atoms with Crippen molar-refractivity contribution in [3.63, 3.8) is 0 Å². The third-order valence-corrected chi connectivity index (χ3v) is 5.86. The van der Waals surface area contributed by atoms with Crippen LogP contribution in [0.2, 0.25) is 0 Å². The van der Waals surface area contributed by atoms with Gasteiger partial charge < -0.3 is 10.1 Å². The molecular weight excluding hydrogens is 385 g/mol. The van der Waals surface area contributed by atoms with Gasteiger partial charge in [-0.2, -0.15) is 18.3 Å². The number of ether oxygens (including phenoxy) is 1. The highest BCUT2D eigenvalue weighted by Gasteiger charge is 2.39. The van der Waals surface area contributed by atoms with Crippen molar-refractivity contribution in [3.8, 4) is 0 Å². The maximum Gasteiger partial charge on any atom is 0.435 e. The molecule has 9 heteroatoms. The first-order valence-electron chi connectivity index (χ1n) is 10.5. The van der Waals surface area contributed by atoms with E-state index in [4.69, 9.17) is 4.74 Å². The number of hydrogen-bond acceptors (Lipinski definition) is 4. The molecule has 0 unspecified atom stereocenters. The van der Waals surface area contributed by atoms with E-state index in [1.165, 1.54) is 4.68 Å². The van der Waals surface area contributed by atoms with E-state index in [0.29, 0.717) is 44.2 Å². The van der Waals surface area contributed by atoms with E-state index < -0.39 is 11.9 Å².